The number of aromatic nitrogens is 2. The van der Waals surface area contributed by atoms with Crippen LogP contribution in [0.4, 0.5) is 5.69 Å². The van der Waals surface area contributed by atoms with Crippen molar-refractivity contribution in [3.05, 3.63) is 48.5 Å². The summed E-state index contributed by atoms with van der Waals surface area (Å²) in [5.74, 6) is -1.49. The Labute approximate surface area is 163 Å². The first-order chi connectivity index (χ1) is 13.9. The van der Waals surface area contributed by atoms with Gasteiger partial charge in [0.05, 0.1) is 14.8 Å². The zero-order chi connectivity index (χ0) is 21.2. The molecule has 1 atom stereocenters. The van der Waals surface area contributed by atoms with Crippen LogP contribution in [0.25, 0.3) is 0 Å². The number of nitrogens with two attached hydrogens (primary N) is 1. The number of methoxy groups -OCH3 is 1. The number of rotatable bonds is 9. The average molecular weight is 387 g/mol. The van der Waals surface area contributed by atoms with E-state index in [-0.39, 0.29) is 31.1 Å². The van der Waals surface area contributed by atoms with Crippen LogP contribution in [0.1, 0.15) is 25.8 Å². The summed E-state index contributed by atoms with van der Waals surface area (Å²) >= 11 is 0. The Hall–Kier alpha value is -3.69. The van der Waals surface area contributed by atoms with Crippen molar-refractivity contribution in [1.82, 2.24) is 14.9 Å². The molecule has 0 fully saturated rings. The third-order valence-electron chi connectivity index (χ3n) is 3.85. The third-order valence-corrected chi connectivity index (χ3v) is 3.85. The number of hydrogen-bond acceptors (Lipinski definition) is 6. The van der Waals surface area contributed by atoms with Crippen molar-refractivity contribution in [2.45, 2.75) is 18.9 Å². The van der Waals surface area contributed by atoms with Gasteiger partial charge in [0, 0.05) is 43.0 Å². The lowest BCUT2D eigenvalue weighted by molar-refractivity contribution is -0.144. The Kier molecular flexibility index (Phi) is 6.72. The topological polar surface area (TPSA) is 152 Å². The molecule has 1 heterocycles. The van der Waals surface area contributed by atoms with Crippen LogP contribution in [0.15, 0.2) is 43.0 Å². The lowest BCUT2D eigenvalue weighted by Gasteiger charge is -2.16. The van der Waals surface area contributed by atoms with E-state index in [1.807, 2.05) is 0 Å². The smallest absolute Gasteiger partial charge is 0.330 e. The lowest BCUT2D eigenvalue weighted by atomic mass is 10.2. The minimum absolute atomic E-state index is 0.0484. The minimum Gasteiger partial charge on any atom is -0.467 e. The van der Waals surface area contributed by atoms with E-state index in [2.05, 4.69) is 15.6 Å². The summed E-state index contributed by atoms with van der Waals surface area (Å²) < 4.78 is 13.1. The molecule has 0 saturated carbocycles. The summed E-state index contributed by atoms with van der Waals surface area (Å²) in [6.07, 6.45) is 4.32. The van der Waals surface area contributed by atoms with Crippen LogP contribution in [0, 0.1) is 5.41 Å². The number of amides is 2. The van der Waals surface area contributed by atoms with E-state index in [1.54, 1.807) is 30.5 Å². The molecule has 0 aliphatic heterocycles. The zero-order valence-corrected chi connectivity index (χ0v) is 15.1. The number of esters is 1. The average Bonchev–Trinajstić information content (AvgIpc) is 3.21. The van der Waals surface area contributed by atoms with Gasteiger partial charge in [0.2, 0.25) is 11.8 Å². The number of ether oxygens (including phenoxy) is 1. The van der Waals surface area contributed by atoms with E-state index in [9.17, 15) is 14.4 Å². The number of hydrogen-bond donors (Lipinski definition) is 4. The lowest BCUT2D eigenvalue weighted by Crippen LogP contribution is -2.35. The first-order valence-corrected chi connectivity index (χ1v) is 8.35. The maximum atomic E-state index is 12.0. The predicted molar refractivity (Wildman–Crippen MR) is 102 cm³/mol. The third kappa shape index (κ3) is 5.94. The summed E-state index contributed by atoms with van der Waals surface area (Å²) in [6, 6.07) is 5.60. The summed E-state index contributed by atoms with van der Waals surface area (Å²) in [5, 5.41) is 12.6. The molecule has 0 bridgehead atoms. The van der Waals surface area contributed by atoms with Crippen molar-refractivity contribution in [3.8, 4) is 0 Å². The number of nitrogen functional groups attached to an aromatic ring is 1. The molecule has 1 aromatic heterocycles. The van der Waals surface area contributed by atoms with E-state index in [0.717, 1.165) is 0 Å². The Bertz CT molecular complexity index is 854. The fourth-order valence-corrected chi connectivity index (χ4v) is 2.34. The fourth-order valence-electron chi connectivity index (χ4n) is 2.34. The van der Waals surface area contributed by atoms with Gasteiger partial charge in [-0.3, -0.25) is 15.0 Å². The zero-order valence-electron chi connectivity index (χ0n) is 16.1. The molecular formula is C18H22N6O4. The van der Waals surface area contributed by atoms with Gasteiger partial charge in [-0.05, 0) is 24.3 Å². The largest absolute Gasteiger partial charge is 0.467 e. The van der Waals surface area contributed by atoms with Crippen LogP contribution in [0.3, 0.4) is 0 Å². The Morgan fingerprint density at radius 2 is 2.00 bits per heavy atom. The maximum absolute atomic E-state index is 12.0. The molecule has 2 aromatic rings. The molecule has 1 aromatic carbocycles. The highest BCUT2D eigenvalue weighted by molar-refractivity contribution is 5.96. The maximum Gasteiger partial charge on any atom is 0.330 e. The van der Waals surface area contributed by atoms with Gasteiger partial charge in [0.25, 0.3) is 0 Å². The van der Waals surface area contributed by atoms with Crippen LogP contribution in [0.2, 0.25) is 0 Å². The summed E-state index contributed by atoms with van der Waals surface area (Å²) in [4.78, 5) is 39.8. The molecule has 2 rings (SSSR count). The second kappa shape index (κ2) is 9.86. The Morgan fingerprint density at radius 1 is 1.29 bits per heavy atom. The molecule has 1 unspecified atom stereocenters. The number of carbonyl (C=O) groups is 3. The second-order valence-electron chi connectivity index (χ2n) is 5.83. The molecule has 5 N–H and O–H groups in total. The molecular weight excluding hydrogens is 364 g/mol. The van der Waals surface area contributed by atoms with Crippen LogP contribution >= 0.6 is 0 Å². The number of carbonyl (C=O) groups excluding carboxylic acids is 3. The van der Waals surface area contributed by atoms with Crippen molar-refractivity contribution in [2.24, 2.45) is 5.73 Å². The molecule has 0 radical (unpaired) electrons. The first kappa shape index (κ1) is 19.1. The van der Waals surface area contributed by atoms with E-state index < -0.39 is 25.0 Å². The molecule has 28 heavy (non-hydrogen) atoms. The van der Waals surface area contributed by atoms with Gasteiger partial charge in [-0.15, -0.1) is 0 Å². The van der Waals surface area contributed by atoms with Crippen molar-refractivity contribution in [1.29, 1.82) is 5.41 Å². The number of amidine groups is 1. The number of nitrogens with zero attached hydrogens (tertiary/aromatic N) is 2. The van der Waals surface area contributed by atoms with Crippen molar-refractivity contribution in [2.75, 3.05) is 18.9 Å². The second-order valence-corrected chi connectivity index (χ2v) is 5.83. The predicted octanol–water partition coefficient (Wildman–Crippen LogP) is 0.416. The van der Waals surface area contributed by atoms with Crippen molar-refractivity contribution in [3.63, 3.8) is 0 Å². The highest BCUT2D eigenvalue weighted by Crippen LogP contribution is 2.10. The quantitative estimate of drug-likeness (QED) is 0.278. The van der Waals surface area contributed by atoms with Gasteiger partial charge in [-0.1, -0.05) is 0 Å². The van der Waals surface area contributed by atoms with Crippen LogP contribution in [0.5, 0.6) is 0 Å². The van der Waals surface area contributed by atoms with Gasteiger partial charge in [-0.25, -0.2) is 9.78 Å². The van der Waals surface area contributed by atoms with E-state index in [4.69, 9.17) is 17.3 Å². The highest BCUT2D eigenvalue weighted by Gasteiger charge is 2.21. The Balaban J connectivity index is 1.79. The monoisotopic (exact) mass is 387 g/mol. The van der Waals surface area contributed by atoms with Crippen molar-refractivity contribution < 1.29 is 20.5 Å². The molecule has 0 spiro atoms. The van der Waals surface area contributed by atoms with Gasteiger partial charge in [0.15, 0.2) is 0 Å². The standard InChI is InChI=1S/C18H22N6O4/c1-28-18(27)14(24-9-8-21-11-24)10-22-15(25)6-7-16(26)23-13-4-2-12(3-5-13)17(19)20/h2-5,8-9,11,14H,6-7,10H2,1H3,(H3,19,20)(H,22,25)(H,23,26)/i1D. The highest BCUT2D eigenvalue weighted by atomic mass is 16.5. The van der Waals surface area contributed by atoms with Crippen LogP contribution < -0.4 is 16.4 Å². The first-order valence-electron chi connectivity index (χ1n) is 9.05. The van der Waals surface area contributed by atoms with E-state index >= 15 is 0 Å². The molecule has 10 nitrogen and oxygen atoms in total. The summed E-state index contributed by atoms with van der Waals surface area (Å²) in [7, 11) is -0.522. The SMILES string of the molecule is [2H]COC(=O)C(CNC(=O)CCC(=O)Nc1ccc(C(=N)N)cc1)n1ccnc1. The fraction of sp³-hybridized carbons (Fsp3) is 0.278. The molecule has 10 heteroatoms. The van der Waals surface area contributed by atoms with Gasteiger partial charge in [-0.2, -0.15) is 0 Å². The number of benzene rings is 1. The normalized spacial score (nSPS) is 11.8. The van der Waals surface area contributed by atoms with E-state index in [1.165, 1.54) is 17.1 Å². The van der Waals surface area contributed by atoms with Gasteiger partial charge >= 0.3 is 5.97 Å². The molecule has 0 aliphatic rings. The number of nitrogens with one attached hydrogen (secondary N) is 3. The van der Waals surface area contributed by atoms with Crippen LogP contribution in [-0.2, 0) is 19.1 Å². The summed E-state index contributed by atoms with van der Waals surface area (Å²) in [5.41, 5.74) is 6.44. The molecule has 148 valence electrons. The summed E-state index contributed by atoms with van der Waals surface area (Å²) in [6.45, 7) is -0.0534. The molecule has 2 amide bonds. The molecule has 0 aliphatic carbocycles. The van der Waals surface area contributed by atoms with Gasteiger partial charge < -0.3 is 25.7 Å². The number of imidazole rings is 1. The number of anilines is 1. The van der Waals surface area contributed by atoms with Gasteiger partial charge in [0.1, 0.15) is 11.9 Å². The minimum atomic E-state index is -0.847. The van der Waals surface area contributed by atoms with Crippen LogP contribution in [-0.4, -0.2) is 46.8 Å². The van der Waals surface area contributed by atoms with Crippen molar-refractivity contribution >= 4 is 29.3 Å². The Morgan fingerprint density at radius 3 is 2.61 bits per heavy atom. The van der Waals surface area contributed by atoms with E-state index in [0.29, 0.717) is 11.3 Å². The molecule has 0 saturated heterocycles.